The molecule has 0 radical (unpaired) electrons. The maximum atomic E-state index is 12.4. The summed E-state index contributed by atoms with van der Waals surface area (Å²) < 4.78 is 1.21. The number of aromatic nitrogens is 3. The molecule has 8 heteroatoms. The number of nitrogens with zero attached hydrogens (tertiary/aromatic N) is 3. The van der Waals surface area contributed by atoms with Crippen molar-refractivity contribution in [2.75, 3.05) is 11.1 Å². The van der Waals surface area contributed by atoms with Crippen LogP contribution in [0.1, 0.15) is 32.7 Å². The van der Waals surface area contributed by atoms with Gasteiger partial charge in [-0.1, -0.05) is 41.1 Å². The van der Waals surface area contributed by atoms with Crippen LogP contribution in [-0.4, -0.2) is 26.8 Å². The van der Waals surface area contributed by atoms with Gasteiger partial charge in [0, 0.05) is 12.2 Å². The number of nitrogens with two attached hydrogens (primary N) is 1. The number of aryl methyl sites for hydroxylation is 3. The van der Waals surface area contributed by atoms with Gasteiger partial charge in [0.15, 0.2) is 11.5 Å². The number of amides is 2. The van der Waals surface area contributed by atoms with Crippen LogP contribution in [-0.2, 0) is 17.9 Å². The second kappa shape index (κ2) is 8.55. The lowest BCUT2D eigenvalue weighted by molar-refractivity contribution is -0.116. The Labute approximate surface area is 169 Å². The number of benzene rings is 2. The Balaban J connectivity index is 1.60. The van der Waals surface area contributed by atoms with Crippen LogP contribution in [0.25, 0.3) is 0 Å². The molecule has 1 aromatic heterocycles. The van der Waals surface area contributed by atoms with Gasteiger partial charge in [0.25, 0.3) is 5.91 Å². The third kappa shape index (κ3) is 4.98. The molecule has 3 aromatic rings. The Hall–Kier alpha value is -3.68. The largest absolute Gasteiger partial charge is 0.382 e. The molecule has 0 fully saturated rings. The molecule has 3 rings (SSSR count). The topological polar surface area (TPSA) is 115 Å². The molecule has 0 aliphatic heterocycles. The number of anilines is 2. The SMILES string of the molecule is Cc1ccc(CNC(=O)c2nnn(CC(=O)Nc3ccc(C)c(C)c3)c2N)cc1. The summed E-state index contributed by atoms with van der Waals surface area (Å²) in [5, 5.41) is 13.2. The van der Waals surface area contributed by atoms with Crippen molar-refractivity contribution in [1.29, 1.82) is 0 Å². The molecule has 4 N–H and O–H groups in total. The van der Waals surface area contributed by atoms with E-state index in [9.17, 15) is 9.59 Å². The van der Waals surface area contributed by atoms with E-state index >= 15 is 0 Å². The third-order valence-electron chi connectivity index (χ3n) is 4.65. The maximum Gasteiger partial charge on any atom is 0.275 e. The van der Waals surface area contributed by atoms with Gasteiger partial charge in [-0.3, -0.25) is 9.59 Å². The summed E-state index contributed by atoms with van der Waals surface area (Å²) in [6.07, 6.45) is 0. The van der Waals surface area contributed by atoms with Crippen LogP contribution < -0.4 is 16.4 Å². The minimum absolute atomic E-state index is 0.00362. The van der Waals surface area contributed by atoms with Crippen LogP contribution in [0.15, 0.2) is 42.5 Å². The minimum atomic E-state index is -0.441. The molecule has 2 amide bonds. The molecule has 29 heavy (non-hydrogen) atoms. The first-order valence-corrected chi connectivity index (χ1v) is 9.23. The van der Waals surface area contributed by atoms with Crippen LogP contribution in [0, 0.1) is 20.8 Å². The van der Waals surface area contributed by atoms with Gasteiger partial charge >= 0.3 is 0 Å². The van der Waals surface area contributed by atoms with E-state index in [1.807, 2.05) is 63.2 Å². The Morgan fingerprint density at radius 2 is 1.76 bits per heavy atom. The minimum Gasteiger partial charge on any atom is -0.382 e. The zero-order valence-electron chi connectivity index (χ0n) is 16.7. The fourth-order valence-electron chi connectivity index (χ4n) is 2.73. The molecule has 2 aromatic carbocycles. The Kier molecular flexibility index (Phi) is 5.92. The lowest BCUT2D eigenvalue weighted by atomic mass is 10.1. The standard InChI is InChI=1S/C21H24N6O2/c1-13-4-7-16(8-5-13)11-23-21(29)19-20(22)27(26-25-19)12-18(28)24-17-9-6-14(2)15(3)10-17/h4-10H,11-12,22H2,1-3H3,(H,23,29)(H,24,28). The fraction of sp³-hybridized carbons (Fsp3) is 0.238. The smallest absolute Gasteiger partial charge is 0.275 e. The molecule has 0 saturated carbocycles. The molecule has 1 heterocycles. The lowest BCUT2D eigenvalue weighted by Crippen LogP contribution is -2.25. The molecule has 0 saturated heterocycles. The molecular formula is C21H24N6O2. The Morgan fingerprint density at radius 1 is 1.03 bits per heavy atom. The number of hydrogen-bond donors (Lipinski definition) is 3. The molecule has 150 valence electrons. The van der Waals surface area contributed by atoms with Crippen molar-refractivity contribution < 1.29 is 9.59 Å². The van der Waals surface area contributed by atoms with Gasteiger partial charge in [0.2, 0.25) is 5.91 Å². The summed E-state index contributed by atoms with van der Waals surface area (Å²) in [4.78, 5) is 24.6. The van der Waals surface area contributed by atoms with Crippen molar-refractivity contribution in [2.24, 2.45) is 0 Å². The number of nitrogen functional groups attached to an aromatic ring is 1. The van der Waals surface area contributed by atoms with E-state index < -0.39 is 5.91 Å². The van der Waals surface area contributed by atoms with E-state index in [0.29, 0.717) is 12.2 Å². The molecular weight excluding hydrogens is 368 g/mol. The van der Waals surface area contributed by atoms with Crippen molar-refractivity contribution in [3.63, 3.8) is 0 Å². The highest BCUT2D eigenvalue weighted by atomic mass is 16.2. The highest BCUT2D eigenvalue weighted by Crippen LogP contribution is 2.15. The van der Waals surface area contributed by atoms with Crippen LogP contribution in [0.3, 0.4) is 0 Å². The van der Waals surface area contributed by atoms with Crippen molar-refractivity contribution in [3.8, 4) is 0 Å². The van der Waals surface area contributed by atoms with E-state index in [2.05, 4.69) is 20.9 Å². The zero-order valence-corrected chi connectivity index (χ0v) is 16.7. The molecule has 0 aliphatic rings. The summed E-state index contributed by atoms with van der Waals surface area (Å²) in [5.74, 6) is -0.706. The first kappa shape index (κ1) is 20.1. The van der Waals surface area contributed by atoms with Gasteiger partial charge < -0.3 is 16.4 Å². The summed E-state index contributed by atoms with van der Waals surface area (Å²) in [6.45, 7) is 6.18. The number of rotatable bonds is 6. The van der Waals surface area contributed by atoms with Gasteiger partial charge in [-0.2, -0.15) is 0 Å². The van der Waals surface area contributed by atoms with Crippen molar-refractivity contribution in [1.82, 2.24) is 20.3 Å². The highest BCUT2D eigenvalue weighted by molar-refractivity contribution is 5.96. The van der Waals surface area contributed by atoms with Crippen molar-refractivity contribution in [2.45, 2.75) is 33.9 Å². The normalized spacial score (nSPS) is 10.6. The average molecular weight is 392 g/mol. The molecule has 0 bridgehead atoms. The molecule has 0 unspecified atom stereocenters. The average Bonchev–Trinajstić information content (AvgIpc) is 3.04. The molecule has 0 aliphatic carbocycles. The summed E-state index contributed by atoms with van der Waals surface area (Å²) in [7, 11) is 0. The van der Waals surface area contributed by atoms with E-state index in [0.717, 1.165) is 22.3 Å². The Morgan fingerprint density at radius 3 is 2.45 bits per heavy atom. The van der Waals surface area contributed by atoms with E-state index in [1.165, 1.54) is 4.68 Å². The Bertz CT molecular complexity index is 1040. The van der Waals surface area contributed by atoms with E-state index in [1.54, 1.807) is 0 Å². The lowest BCUT2D eigenvalue weighted by Gasteiger charge is -2.08. The molecule has 0 spiro atoms. The van der Waals surface area contributed by atoms with Gasteiger partial charge in [-0.15, -0.1) is 5.10 Å². The fourth-order valence-corrected chi connectivity index (χ4v) is 2.73. The summed E-state index contributed by atoms with van der Waals surface area (Å²) in [6, 6.07) is 13.5. The van der Waals surface area contributed by atoms with Crippen LogP contribution in [0.5, 0.6) is 0 Å². The zero-order chi connectivity index (χ0) is 21.0. The van der Waals surface area contributed by atoms with Gasteiger partial charge in [0.1, 0.15) is 6.54 Å². The maximum absolute atomic E-state index is 12.4. The van der Waals surface area contributed by atoms with Crippen molar-refractivity contribution in [3.05, 3.63) is 70.4 Å². The quantitative estimate of drug-likeness (QED) is 0.596. The van der Waals surface area contributed by atoms with Gasteiger partial charge in [0.05, 0.1) is 0 Å². The summed E-state index contributed by atoms with van der Waals surface area (Å²) >= 11 is 0. The third-order valence-corrected chi connectivity index (χ3v) is 4.65. The highest BCUT2D eigenvalue weighted by Gasteiger charge is 2.18. The number of hydrogen-bond acceptors (Lipinski definition) is 5. The van der Waals surface area contributed by atoms with Gasteiger partial charge in [-0.05, 0) is 49.6 Å². The number of carbonyl (C=O) groups is 2. The molecule has 8 nitrogen and oxygen atoms in total. The number of carbonyl (C=O) groups excluding carboxylic acids is 2. The predicted octanol–water partition coefficient (Wildman–Crippen LogP) is 2.35. The van der Waals surface area contributed by atoms with Crippen LogP contribution in [0.2, 0.25) is 0 Å². The van der Waals surface area contributed by atoms with Crippen molar-refractivity contribution >= 4 is 23.3 Å². The van der Waals surface area contributed by atoms with E-state index in [-0.39, 0.29) is 24.0 Å². The first-order chi connectivity index (χ1) is 13.8. The van der Waals surface area contributed by atoms with Crippen LogP contribution in [0.4, 0.5) is 11.5 Å². The summed E-state index contributed by atoms with van der Waals surface area (Å²) in [5.41, 5.74) is 11.0. The predicted molar refractivity (Wildman–Crippen MR) is 111 cm³/mol. The van der Waals surface area contributed by atoms with Crippen LogP contribution >= 0.6 is 0 Å². The first-order valence-electron chi connectivity index (χ1n) is 9.23. The second-order valence-corrected chi connectivity index (χ2v) is 7.00. The van der Waals surface area contributed by atoms with Gasteiger partial charge in [-0.25, -0.2) is 4.68 Å². The number of nitrogens with one attached hydrogen (secondary N) is 2. The van der Waals surface area contributed by atoms with E-state index in [4.69, 9.17) is 5.73 Å². The molecule has 0 atom stereocenters. The monoisotopic (exact) mass is 392 g/mol. The second-order valence-electron chi connectivity index (χ2n) is 7.00.